The monoisotopic (exact) mass is 409 g/mol. The predicted molar refractivity (Wildman–Crippen MR) is 121 cm³/mol. The van der Waals surface area contributed by atoms with Crippen LogP contribution in [0.5, 0.6) is 0 Å². The van der Waals surface area contributed by atoms with E-state index in [4.69, 9.17) is 5.26 Å². The van der Waals surface area contributed by atoms with E-state index >= 15 is 0 Å². The van der Waals surface area contributed by atoms with E-state index in [1.165, 1.54) is 6.07 Å². The molecule has 31 heavy (non-hydrogen) atoms. The smallest absolute Gasteiger partial charge is 0.229 e. The summed E-state index contributed by atoms with van der Waals surface area (Å²) in [6, 6.07) is 21.6. The van der Waals surface area contributed by atoms with E-state index in [0.717, 1.165) is 28.1 Å². The van der Waals surface area contributed by atoms with Gasteiger partial charge in [0, 0.05) is 23.1 Å². The van der Waals surface area contributed by atoms with Crippen LogP contribution in [-0.4, -0.2) is 9.97 Å². The maximum atomic E-state index is 14.2. The Bertz CT molecular complexity index is 1250. The van der Waals surface area contributed by atoms with E-state index in [-0.39, 0.29) is 5.82 Å². The topological polar surface area (TPSA) is 73.6 Å². The molecule has 0 fully saturated rings. The van der Waals surface area contributed by atoms with Crippen molar-refractivity contribution in [2.75, 3.05) is 10.6 Å². The molecule has 0 aliphatic heterocycles. The summed E-state index contributed by atoms with van der Waals surface area (Å²) >= 11 is 0. The maximum absolute atomic E-state index is 14.2. The summed E-state index contributed by atoms with van der Waals surface area (Å²) in [6.45, 7) is 3.97. The summed E-state index contributed by atoms with van der Waals surface area (Å²) in [5.41, 5.74) is 5.69. The van der Waals surface area contributed by atoms with Gasteiger partial charge < -0.3 is 10.6 Å². The average Bonchev–Trinajstić information content (AvgIpc) is 2.77. The van der Waals surface area contributed by atoms with Gasteiger partial charge in [-0.05, 0) is 79.1 Å². The van der Waals surface area contributed by atoms with Gasteiger partial charge in [0.15, 0.2) is 0 Å². The Balaban J connectivity index is 1.57. The Morgan fingerprint density at radius 1 is 0.903 bits per heavy atom. The number of nitriles is 1. The van der Waals surface area contributed by atoms with E-state index in [0.29, 0.717) is 22.9 Å². The van der Waals surface area contributed by atoms with Crippen LogP contribution in [0.4, 0.5) is 27.5 Å². The van der Waals surface area contributed by atoms with Crippen LogP contribution in [0, 0.1) is 31.0 Å². The summed E-state index contributed by atoms with van der Waals surface area (Å²) in [7, 11) is 0. The van der Waals surface area contributed by atoms with Gasteiger partial charge in [-0.3, -0.25) is 0 Å². The van der Waals surface area contributed by atoms with Crippen molar-refractivity contribution in [3.63, 3.8) is 0 Å². The second-order valence-corrected chi connectivity index (χ2v) is 7.17. The Labute approximate surface area is 180 Å². The van der Waals surface area contributed by atoms with Gasteiger partial charge in [-0.1, -0.05) is 18.2 Å². The zero-order valence-electron chi connectivity index (χ0n) is 17.1. The molecule has 4 aromatic rings. The second-order valence-electron chi connectivity index (χ2n) is 7.17. The van der Waals surface area contributed by atoms with Crippen LogP contribution < -0.4 is 10.6 Å². The minimum Gasteiger partial charge on any atom is -0.340 e. The van der Waals surface area contributed by atoms with Gasteiger partial charge >= 0.3 is 0 Å². The van der Waals surface area contributed by atoms with E-state index in [1.807, 2.05) is 32.0 Å². The first-order chi connectivity index (χ1) is 15.0. The third-order valence-corrected chi connectivity index (χ3v) is 4.90. The first kappa shape index (κ1) is 20.0. The maximum Gasteiger partial charge on any atom is 0.229 e. The summed E-state index contributed by atoms with van der Waals surface area (Å²) in [4.78, 5) is 8.78. The first-order valence-electron chi connectivity index (χ1n) is 9.77. The van der Waals surface area contributed by atoms with E-state index in [2.05, 4.69) is 26.7 Å². The molecule has 0 atom stereocenters. The molecule has 152 valence electrons. The van der Waals surface area contributed by atoms with Crippen molar-refractivity contribution in [2.24, 2.45) is 0 Å². The van der Waals surface area contributed by atoms with Crippen molar-refractivity contribution >= 4 is 23.1 Å². The first-order valence-corrected chi connectivity index (χ1v) is 9.77. The zero-order valence-corrected chi connectivity index (χ0v) is 17.1. The SMILES string of the molecule is Cc1cc(-c2ccccc2F)cc(C)c1Nc1ccnc(Nc2ccc(C#N)cc2)n1. The van der Waals surface area contributed by atoms with Crippen LogP contribution in [0.3, 0.4) is 0 Å². The number of nitrogens with one attached hydrogen (secondary N) is 2. The molecule has 2 N–H and O–H groups in total. The summed E-state index contributed by atoms with van der Waals surface area (Å²) in [5.74, 6) is 0.834. The number of anilines is 4. The summed E-state index contributed by atoms with van der Waals surface area (Å²) < 4.78 is 14.2. The fourth-order valence-corrected chi connectivity index (χ4v) is 3.39. The Morgan fingerprint density at radius 3 is 2.29 bits per heavy atom. The van der Waals surface area contributed by atoms with Crippen LogP contribution >= 0.6 is 0 Å². The quantitative estimate of drug-likeness (QED) is 0.407. The highest BCUT2D eigenvalue weighted by Gasteiger charge is 2.11. The number of aromatic nitrogens is 2. The lowest BCUT2D eigenvalue weighted by molar-refractivity contribution is 0.631. The molecular formula is C25H20FN5. The Hall–Kier alpha value is -4.24. The molecule has 0 aliphatic rings. The number of aryl methyl sites for hydroxylation is 2. The van der Waals surface area contributed by atoms with E-state index in [9.17, 15) is 4.39 Å². The van der Waals surface area contributed by atoms with Gasteiger partial charge in [0.05, 0.1) is 11.6 Å². The molecule has 0 saturated heterocycles. The van der Waals surface area contributed by atoms with Crippen molar-refractivity contribution in [3.05, 3.63) is 95.4 Å². The third-order valence-electron chi connectivity index (χ3n) is 4.90. The number of rotatable bonds is 5. The van der Waals surface area contributed by atoms with Crippen molar-refractivity contribution in [1.82, 2.24) is 9.97 Å². The molecule has 3 aromatic carbocycles. The standard InChI is InChI=1S/C25H20FN5/c1-16-13-19(21-5-3-4-6-22(21)26)14-17(2)24(16)30-23-11-12-28-25(31-23)29-20-9-7-18(15-27)8-10-20/h3-14H,1-2H3,(H2,28,29,30,31). The van der Waals surface area contributed by atoms with Crippen LogP contribution in [0.15, 0.2) is 72.9 Å². The largest absolute Gasteiger partial charge is 0.340 e. The van der Waals surface area contributed by atoms with Gasteiger partial charge in [0.2, 0.25) is 5.95 Å². The van der Waals surface area contributed by atoms with Gasteiger partial charge in [-0.2, -0.15) is 10.2 Å². The molecule has 1 aromatic heterocycles. The lowest BCUT2D eigenvalue weighted by Gasteiger charge is -2.15. The normalized spacial score (nSPS) is 10.4. The van der Waals surface area contributed by atoms with Crippen molar-refractivity contribution in [3.8, 4) is 17.2 Å². The molecule has 0 aliphatic carbocycles. The highest BCUT2D eigenvalue weighted by Crippen LogP contribution is 2.31. The molecule has 4 rings (SSSR count). The number of hydrogen-bond acceptors (Lipinski definition) is 5. The lowest BCUT2D eigenvalue weighted by Crippen LogP contribution is -2.02. The second kappa shape index (κ2) is 8.64. The van der Waals surface area contributed by atoms with Crippen LogP contribution in [-0.2, 0) is 0 Å². The highest BCUT2D eigenvalue weighted by molar-refractivity contribution is 5.74. The third kappa shape index (κ3) is 4.51. The minimum absolute atomic E-state index is 0.240. The van der Waals surface area contributed by atoms with Crippen LogP contribution in [0.1, 0.15) is 16.7 Å². The molecule has 0 bridgehead atoms. The Morgan fingerprint density at radius 2 is 1.61 bits per heavy atom. The Kier molecular flexibility index (Phi) is 5.59. The molecule has 0 spiro atoms. The van der Waals surface area contributed by atoms with Crippen molar-refractivity contribution in [1.29, 1.82) is 5.26 Å². The number of benzene rings is 3. The molecule has 1 heterocycles. The molecule has 6 heteroatoms. The molecule has 0 unspecified atom stereocenters. The molecule has 0 amide bonds. The molecule has 5 nitrogen and oxygen atoms in total. The minimum atomic E-state index is -0.240. The van der Waals surface area contributed by atoms with Crippen molar-refractivity contribution < 1.29 is 4.39 Å². The van der Waals surface area contributed by atoms with Gasteiger partial charge in [0.25, 0.3) is 0 Å². The number of nitrogens with zero attached hydrogens (tertiary/aromatic N) is 3. The van der Waals surface area contributed by atoms with Crippen LogP contribution in [0.2, 0.25) is 0 Å². The van der Waals surface area contributed by atoms with Gasteiger partial charge in [0.1, 0.15) is 11.6 Å². The van der Waals surface area contributed by atoms with E-state index < -0.39 is 0 Å². The van der Waals surface area contributed by atoms with Crippen LogP contribution in [0.25, 0.3) is 11.1 Å². The van der Waals surface area contributed by atoms with Crippen molar-refractivity contribution in [2.45, 2.75) is 13.8 Å². The fourth-order valence-electron chi connectivity index (χ4n) is 3.39. The lowest BCUT2D eigenvalue weighted by atomic mass is 9.98. The van der Waals surface area contributed by atoms with Gasteiger partial charge in [-0.15, -0.1) is 0 Å². The predicted octanol–water partition coefficient (Wildman–Crippen LogP) is 6.26. The zero-order chi connectivity index (χ0) is 21.8. The number of halogens is 1. The van der Waals surface area contributed by atoms with E-state index in [1.54, 1.807) is 48.7 Å². The number of hydrogen-bond donors (Lipinski definition) is 2. The van der Waals surface area contributed by atoms with Gasteiger partial charge in [-0.25, -0.2) is 9.37 Å². The fraction of sp³-hybridized carbons (Fsp3) is 0.0800. The molecule has 0 radical (unpaired) electrons. The highest BCUT2D eigenvalue weighted by atomic mass is 19.1. The average molecular weight is 409 g/mol. The molecular weight excluding hydrogens is 389 g/mol. The summed E-state index contributed by atoms with van der Waals surface area (Å²) in [6.07, 6.45) is 1.67. The summed E-state index contributed by atoms with van der Waals surface area (Å²) in [5, 5.41) is 15.4. The molecule has 0 saturated carbocycles.